The predicted molar refractivity (Wildman–Crippen MR) is 135 cm³/mol. The summed E-state index contributed by atoms with van der Waals surface area (Å²) < 4.78 is 1.78. The Morgan fingerprint density at radius 2 is 0.914 bits per heavy atom. The molecule has 0 saturated heterocycles. The average Bonchev–Trinajstić information content (AvgIpc) is 3.39. The molecule has 0 radical (unpaired) electrons. The van der Waals surface area contributed by atoms with Crippen LogP contribution in [0.3, 0.4) is 0 Å². The molecule has 0 aromatic heterocycles. The van der Waals surface area contributed by atoms with Crippen molar-refractivity contribution in [2.24, 2.45) is 23.7 Å². The SMILES string of the molecule is Cc1ccc(C2CC3C=CC=CC3[CH]2[Zr+2][CH]2C(c3ccc(C)cc3)CC3C=CC=CC32)cc1.[Cl-].[Cl-]. The molecule has 4 aliphatic carbocycles. The Kier molecular flexibility index (Phi) is 8.84. The number of hydrogen-bond acceptors (Lipinski definition) is 0. The van der Waals surface area contributed by atoms with Gasteiger partial charge in [0.15, 0.2) is 0 Å². The van der Waals surface area contributed by atoms with Crippen LogP contribution in [0.1, 0.15) is 46.9 Å². The zero-order valence-electron chi connectivity index (χ0n) is 20.5. The van der Waals surface area contributed by atoms with E-state index < -0.39 is 23.2 Å². The maximum Gasteiger partial charge on any atom is -1.00 e. The standard InChI is InChI=1S/2C16H17.2ClH.Zr/c2*1-12-6-8-13(9-7-12)16-10-14-4-2-3-5-15(14)11-16;;;/h2*2-10,14-16H,11H2,1H3;2*1H;/q;;;;+2/p-2. The van der Waals surface area contributed by atoms with Gasteiger partial charge >= 0.3 is 212 Å². The first-order valence-corrected chi connectivity index (χ1v) is 15.6. The zero-order chi connectivity index (χ0) is 22.4. The molecule has 0 aliphatic heterocycles. The summed E-state index contributed by atoms with van der Waals surface area (Å²) in [5.74, 6) is 4.47. The molecular weight excluding hydrogens is 546 g/mol. The Morgan fingerprint density at radius 1 is 0.543 bits per heavy atom. The average molecular weight is 581 g/mol. The molecular formula is C32H34Cl2Zr. The Bertz CT molecular complexity index is 1020. The fraction of sp³-hybridized carbons (Fsp3) is 0.375. The van der Waals surface area contributed by atoms with E-state index in [1.807, 2.05) is 0 Å². The Labute approximate surface area is 235 Å². The smallest absolute Gasteiger partial charge is 1.00 e. The van der Waals surface area contributed by atoms with Crippen LogP contribution in [0.4, 0.5) is 0 Å². The molecule has 0 heterocycles. The molecule has 3 heteroatoms. The minimum Gasteiger partial charge on any atom is -1.00 e. The summed E-state index contributed by atoms with van der Waals surface area (Å²) >= 11 is -0.713. The van der Waals surface area contributed by atoms with E-state index in [1.165, 1.54) is 24.0 Å². The molecule has 2 aromatic rings. The van der Waals surface area contributed by atoms with Crippen LogP contribution in [-0.2, 0) is 23.2 Å². The predicted octanol–water partition coefficient (Wildman–Crippen LogP) is 2.36. The first-order chi connectivity index (χ1) is 16.2. The molecule has 8 unspecified atom stereocenters. The molecule has 0 nitrogen and oxygen atoms in total. The van der Waals surface area contributed by atoms with E-state index >= 15 is 0 Å². The van der Waals surface area contributed by atoms with Crippen molar-refractivity contribution < 1.29 is 48.0 Å². The molecule has 0 amide bonds. The van der Waals surface area contributed by atoms with Crippen LogP contribution in [0.2, 0.25) is 7.25 Å². The van der Waals surface area contributed by atoms with Crippen LogP contribution in [0.5, 0.6) is 0 Å². The number of rotatable bonds is 4. The van der Waals surface area contributed by atoms with Crippen LogP contribution in [-0.4, -0.2) is 0 Å². The third kappa shape index (κ3) is 5.30. The van der Waals surface area contributed by atoms with E-state index in [2.05, 4.69) is 111 Å². The molecule has 6 rings (SSSR count). The van der Waals surface area contributed by atoms with E-state index in [0.29, 0.717) is 0 Å². The van der Waals surface area contributed by atoms with Crippen LogP contribution < -0.4 is 24.8 Å². The van der Waals surface area contributed by atoms with Crippen LogP contribution in [0, 0.1) is 37.5 Å². The second-order valence-electron chi connectivity index (χ2n) is 10.7. The quantitative estimate of drug-likeness (QED) is 0.521. The third-order valence-electron chi connectivity index (χ3n) is 8.74. The van der Waals surface area contributed by atoms with Gasteiger partial charge in [-0.1, -0.05) is 0 Å². The van der Waals surface area contributed by atoms with Gasteiger partial charge in [0.25, 0.3) is 0 Å². The van der Waals surface area contributed by atoms with E-state index in [4.69, 9.17) is 0 Å². The molecule has 0 spiro atoms. The fourth-order valence-electron chi connectivity index (χ4n) is 6.99. The van der Waals surface area contributed by atoms with Crippen molar-refractivity contribution in [3.05, 3.63) is 119 Å². The Balaban J connectivity index is 0.00000144. The number of halogens is 2. The van der Waals surface area contributed by atoms with Crippen molar-refractivity contribution >= 4 is 0 Å². The van der Waals surface area contributed by atoms with E-state index in [-0.39, 0.29) is 24.8 Å². The molecule has 2 saturated carbocycles. The van der Waals surface area contributed by atoms with Crippen molar-refractivity contribution in [1.82, 2.24) is 0 Å². The van der Waals surface area contributed by atoms with Gasteiger partial charge in [0.1, 0.15) is 0 Å². The van der Waals surface area contributed by atoms with Gasteiger partial charge in [-0.3, -0.25) is 0 Å². The normalized spacial score (nSPS) is 33.9. The van der Waals surface area contributed by atoms with Crippen molar-refractivity contribution in [3.8, 4) is 0 Å². The molecule has 4 aliphatic rings. The summed E-state index contributed by atoms with van der Waals surface area (Å²) in [5.41, 5.74) is 5.96. The van der Waals surface area contributed by atoms with Crippen molar-refractivity contribution in [2.75, 3.05) is 0 Å². The van der Waals surface area contributed by atoms with Gasteiger partial charge < -0.3 is 24.8 Å². The van der Waals surface area contributed by atoms with Gasteiger partial charge in [-0.05, 0) is 0 Å². The topological polar surface area (TPSA) is 0 Å². The number of aryl methyl sites for hydroxylation is 2. The largest absolute Gasteiger partial charge is 1.00 e. The summed E-state index contributed by atoms with van der Waals surface area (Å²) in [4.78, 5) is 0. The fourth-order valence-corrected chi connectivity index (χ4v) is 13.7. The molecule has 2 aromatic carbocycles. The second-order valence-corrected chi connectivity index (χ2v) is 14.8. The van der Waals surface area contributed by atoms with Crippen LogP contribution >= 0.6 is 0 Å². The Hall–Kier alpha value is -1.14. The molecule has 180 valence electrons. The molecule has 8 atom stereocenters. The Morgan fingerprint density at radius 3 is 1.31 bits per heavy atom. The molecule has 0 bridgehead atoms. The second kappa shape index (κ2) is 11.5. The van der Waals surface area contributed by atoms with Crippen molar-refractivity contribution in [2.45, 2.75) is 45.8 Å². The maximum atomic E-state index is 2.58. The van der Waals surface area contributed by atoms with Gasteiger partial charge in [-0.15, -0.1) is 0 Å². The van der Waals surface area contributed by atoms with Gasteiger partial charge in [-0.2, -0.15) is 0 Å². The summed E-state index contributed by atoms with van der Waals surface area (Å²) in [7, 11) is 0. The minimum absolute atomic E-state index is 0. The van der Waals surface area contributed by atoms with Crippen LogP contribution in [0.15, 0.2) is 97.1 Å². The molecule has 0 N–H and O–H groups in total. The third-order valence-corrected chi connectivity index (χ3v) is 14.5. The number of benzene rings is 2. The summed E-state index contributed by atoms with van der Waals surface area (Å²) in [6, 6.07) is 19.1. The van der Waals surface area contributed by atoms with Gasteiger partial charge in [0.2, 0.25) is 0 Å². The maximum absolute atomic E-state index is 2.58. The number of hydrogen-bond donors (Lipinski definition) is 0. The monoisotopic (exact) mass is 578 g/mol. The number of allylic oxidation sites excluding steroid dienone is 8. The van der Waals surface area contributed by atoms with E-state index in [1.54, 1.807) is 11.1 Å². The van der Waals surface area contributed by atoms with Gasteiger partial charge in [0.05, 0.1) is 0 Å². The van der Waals surface area contributed by atoms with E-state index in [0.717, 1.165) is 42.8 Å². The van der Waals surface area contributed by atoms with Gasteiger partial charge in [-0.25, -0.2) is 0 Å². The molecule has 35 heavy (non-hydrogen) atoms. The summed E-state index contributed by atoms with van der Waals surface area (Å²) in [6.45, 7) is 4.43. The summed E-state index contributed by atoms with van der Waals surface area (Å²) in [6.07, 6.45) is 22.1. The van der Waals surface area contributed by atoms with E-state index in [9.17, 15) is 0 Å². The van der Waals surface area contributed by atoms with Crippen molar-refractivity contribution in [3.63, 3.8) is 0 Å². The number of fused-ring (bicyclic) bond motifs is 2. The minimum atomic E-state index is -0.713. The first kappa shape index (κ1) is 26.9. The summed E-state index contributed by atoms with van der Waals surface area (Å²) in [5, 5.41) is 0. The van der Waals surface area contributed by atoms with Gasteiger partial charge in [0, 0.05) is 0 Å². The molecule has 2 fully saturated rings. The zero-order valence-corrected chi connectivity index (χ0v) is 24.5. The van der Waals surface area contributed by atoms with Crippen LogP contribution in [0.25, 0.3) is 0 Å². The first-order valence-electron chi connectivity index (χ1n) is 12.8. The van der Waals surface area contributed by atoms with Crippen molar-refractivity contribution in [1.29, 1.82) is 0 Å².